The van der Waals surface area contributed by atoms with E-state index in [2.05, 4.69) is 193 Å². The largest absolute Gasteiger partial charge is 0.314 e. The van der Waals surface area contributed by atoms with Crippen LogP contribution >= 0.6 is 0 Å². The molecule has 49 heavy (non-hydrogen) atoms. The van der Waals surface area contributed by atoms with Crippen molar-refractivity contribution in [3.8, 4) is 28.1 Å². The fraction of sp³-hybridized carbons (Fsp3) is 0.106. The molecule has 236 valence electrons. The number of anilines is 2. The van der Waals surface area contributed by atoms with Crippen molar-refractivity contribution >= 4 is 27.9 Å². The van der Waals surface area contributed by atoms with Crippen molar-refractivity contribution in [1.82, 2.24) is 4.57 Å². The highest BCUT2D eigenvalue weighted by Gasteiger charge is 2.40. The van der Waals surface area contributed by atoms with Gasteiger partial charge >= 0.3 is 0 Å². The van der Waals surface area contributed by atoms with E-state index in [0.717, 1.165) is 12.8 Å². The zero-order valence-electron chi connectivity index (χ0n) is 28.0. The molecule has 2 aliphatic rings. The first-order chi connectivity index (χ1) is 24.1. The van der Waals surface area contributed by atoms with Gasteiger partial charge in [-0.05, 0) is 94.8 Å². The van der Waals surface area contributed by atoms with Gasteiger partial charge in [-0.2, -0.15) is 0 Å². The third kappa shape index (κ3) is 4.86. The summed E-state index contributed by atoms with van der Waals surface area (Å²) in [5.74, 6) is 0. The van der Waals surface area contributed by atoms with Crippen molar-refractivity contribution in [3.05, 3.63) is 192 Å². The van der Waals surface area contributed by atoms with Crippen molar-refractivity contribution in [1.29, 1.82) is 0 Å². The van der Waals surface area contributed by atoms with Crippen molar-refractivity contribution in [2.45, 2.75) is 32.1 Å². The smallest absolute Gasteiger partial charge is 0.0585 e. The van der Waals surface area contributed by atoms with Crippen LogP contribution in [0.3, 0.4) is 0 Å². The Hall–Kier alpha value is -5.86. The summed E-state index contributed by atoms with van der Waals surface area (Å²) in [5.41, 5.74) is 16.5. The summed E-state index contributed by atoms with van der Waals surface area (Å²) >= 11 is 0. The molecule has 0 spiro atoms. The van der Waals surface area contributed by atoms with Crippen LogP contribution in [0.4, 0.5) is 11.4 Å². The second kappa shape index (κ2) is 11.7. The van der Waals surface area contributed by atoms with Crippen LogP contribution in [0.15, 0.2) is 176 Å². The SMILES string of the molecule is CC1(C)c2ccccc2-c2c1c1cc(N(C3=CC=C(c4ccccc4)CC3)c3ccc(-c4ccccc4)cc3)ccc1n2-c1ccccc1. The van der Waals surface area contributed by atoms with Crippen molar-refractivity contribution in [3.63, 3.8) is 0 Å². The number of hydrogen-bond donors (Lipinski definition) is 0. The average Bonchev–Trinajstić information content (AvgIpc) is 3.63. The Bertz CT molecular complexity index is 2370. The first-order valence-corrected chi connectivity index (χ1v) is 17.3. The monoisotopic (exact) mass is 630 g/mol. The van der Waals surface area contributed by atoms with Crippen LogP contribution in [-0.4, -0.2) is 4.57 Å². The molecule has 2 heteroatoms. The normalized spacial score (nSPS) is 14.6. The standard InChI is InChI=1S/C47H38N2/c1-47(2)43-21-13-12-20-41(43)46-45(47)42-32-40(30-31-44(42)49(46)37-18-10-5-11-19-37)48(38-26-22-35(23-27-38)33-14-6-3-7-15-33)39-28-24-36(25-29-39)34-16-8-4-9-17-34/h3-24,26-28,30-32H,25,29H2,1-2H3. The predicted molar refractivity (Wildman–Crippen MR) is 207 cm³/mol. The Kier molecular flexibility index (Phi) is 6.98. The highest BCUT2D eigenvalue weighted by atomic mass is 15.1. The molecule has 0 N–H and O–H groups in total. The van der Waals surface area contributed by atoms with Gasteiger partial charge in [-0.3, -0.25) is 0 Å². The number of allylic oxidation sites excluding steroid dienone is 4. The number of fused-ring (bicyclic) bond motifs is 5. The predicted octanol–water partition coefficient (Wildman–Crippen LogP) is 12.5. The summed E-state index contributed by atoms with van der Waals surface area (Å²) in [6, 6.07) is 57.4. The summed E-state index contributed by atoms with van der Waals surface area (Å²) in [4.78, 5) is 2.48. The van der Waals surface area contributed by atoms with E-state index in [-0.39, 0.29) is 5.41 Å². The maximum absolute atomic E-state index is 2.48. The number of para-hydroxylation sites is 1. The fourth-order valence-electron chi connectivity index (χ4n) is 8.14. The lowest BCUT2D eigenvalue weighted by Crippen LogP contribution is -2.18. The highest BCUT2D eigenvalue weighted by molar-refractivity contribution is 6.01. The lowest BCUT2D eigenvalue weighted by Gasteiger charge is -2.30. The van der Waals surface area contributed by atoms with E-state index in [0.29, 0.717) is 0 Å². The average molecular weight is 631 g/mol. The van der Waals surface area contributed by atoms with E-state index in [1.165, 1.54) is 78.3 Å². The number of benzene rings is 6. The van der Waals surface area contributed by atoms with Gasteiger partial charge in [0.25, 0.3) is 0 Å². The number of rotatable bonds is 6. The molecule has 2 aliphatic carbocycles. The van der Waals surface area contributed by atoms with Gasteiger partial charge in [-0.15, -0.1) is 0 Å². The third-order valence-electron chi connectivity index (χ3n) is 10.5. The quantitative estimate of drug-likeness (QED) is 0.177. The van der Waals surface area contributed by atoms with Gasteiger partial charge in [0.1, 0.15) is 0 Å². The van der Waals surface area contributed by atoms with Crippen LogP contribution in [0.25, 0.3) is 44.5 Å². The zero-order valence-corrected chi connectivity index (χ0v) is 28.0. The lowest BCUT2D eigenvalue weighted by molar-refractivity contribution is 0.666. The molecular weight excluding hydrogens is 593 g/mol. The molecule has 0 atom stereocenters. The Balaban J connectivity index is 1.24. The molecule has 1 aromatic heterocycles. The molecule has 9 rings (SSSR count). The molecule has 0 radical (unpaired) electrons. The molecule has 2 nitrogen and oxygen atoms in total. The summed E-state index contributed by atoms with van der Waals surface area (Å²) in [5, 5.41) is 1.31. The molecule has 0 fully saturated rings. The van der Waals surface area contributed by atoms with Gasteiger partial charge in [0.2, 0.25) is 0 Å². The van der Waals surface area contributed by atoms with E-state index in [4.69, 9.17) is 0 Å². The zero-order chi connectivity index (χ0) is 33.0. The Morgan fingerprint density at radius 3 is 1.86 bits per heavy atom. The molecule has 0 amide bonds. The Morgan fingerprint density at radius 2 is 1.16 bits per heavy atom. The van der Waals surface area contributed by atoms with Gasteiger partial charge in [-0.1, -0.05) is 135 Å². The third-order valence-corrected chi connectivity index (χ3v) is 10.5. The summed E-state index contributed by atoms with van der Waals surface area (Å²) in [6.45, 7) is 4.78. The molecule has 0 saturated carbocycles. The van der Waals surface area contributed by atoms with Gasteiger partial charge in [0.15, 0.2) is 0 Å². The van der Waals surface area contributed by atoms with Crippen LogP contribution in [0.1, 0.15) is 43.4 Å². The second-order valence-corrected chi connectivity index (χ2v) is 13.7. The van der Waals surface area contributed by atoms with Crippen molar-refractivity contribution < 1.29 is 0 Å². The lowest BCUT2D eigenvalue weighted by atomic mass is 9.81. The molecule has 0 saturated heterocycles. The van der Waals surface area contributed by atoms with Crippen LogP contribution in [-0.2, 0) is 5.41 Å². The summed E-state index contributed by atoms with van der Waals surface area (Å²) in [7, 11) is 0. The van der Waals surface area contributed by atoms with Gasteiger partial charge in [0, 0.05) is 39.1 Å². The van der Waals surface area contributed by atoms with Crippen LogP contribution in [0.5, 0.6) is 0 Å². The first-order valence-electron chi connectivity index (χ1n) is 17.3. The Morgan fingerprint density at radius 1 is 0.551 bits per heavy atom. The number of hydrogen-bond acceptors (Lipinski definition) is 1. The maximum atomic E-state index is 2.48. The molecule has 0 aliphatic heterocycles. The molecule has 1 heterocycles. The minimum atomic E-state index is -0.136. The van der Waals surface area contributed by atoms with E-state index < -0.39 is 0 Å². The van der Waals surface area contributed by atoms with E-state index >= 15 is 0 Å². The fourth-order valence-corrected chi connectivity index (χ4v) is 8.14. The molecule has 0 bridgehead atoms. The number of aromatic nitrogens is 1. The summed E-state index contributed by atoms with van der Waals surface area (Å²) in [6.07, 6.45) is 6.61. The van der Waals surface area contributed by atoms with Gasteiger partial charge in [0.05, 0.1) is 11.2 Å². The van der Waals surface area contributed by atoms with Crippen LogP contribution in [0.2, 0.25) is 0 Å². The highest BCUT2D eigenvalue weighted by Crippen LogP contribution is 2.54. The minimum absolute atomic E-state index is 0.136. The molecular formula is C47H38N2. The van der Waals surface area contributed by atoms with E-state index in [9.17, 15) is 0 Å². The molecule has 6 aromatic carbocycles. The summed E-state index contributed by atoms with van der Waals surface area (Å²) < 4.78 is 2.48. The van der Waals surface area contributed by atoms with Crippen LogP contribution in [0, 0.1) is 0 Å². The second-order valence-electron chi connectivity index (χ2n) is 13.7. The minimum Gasteiger partial charge on any atom is -0.314 e. The molecule has 7 aromatic rings. The molecule has 0 unspecified atom stereocenters. The van der Waals surface area contributed by atoms with Crippen LogP contribution < -0.4 is 4.90 Å². The maximum Gasteiger partial charge on any atom is 0.0585 e. The van der Waals surface area contributed by atoms with Crippen molar-refractivity contribution in [2.75, 3.05) is 4.90 Å². The van der Waals surface area contributed by atoms with Gasteiger partial charge in [-0.25, -0.2) is 0 Å². The Labute approximate surface area is 288 Å². The topological polar surface area (TPSA) is 8.17 Å². The van der Waals surface area contributed by atoms with Crippen molar-refractivity contribution in [2.24, 2.45) is 0 Å². The van der Waals surface area contributed by atoms with E-state index in [1.54, 1.807) is 0 Å². The van der Waals surface area contributed by atoms with E-state index in [1.807, 2.05) is 0 Å². The van der Waals surface area contributed by atoms with Gasteiger partial charge < -0.3 is 9.47 Å². The number of nitrogens with zero attached hydrogens (tertiary/aromatic N) is 2. The first kappa shape index (κ1) is 29.3.